The second-order valence-corrected chi connectivity index (χ2v) is 10.5. The van der Waals surface area contributed by atoms with Crippen molar-refractivity contribution >= 4 is 71.8 Å². The van der Waals surface area contributed by atoms with E-state index in [1.807, 2.05) is 0 Å². The Morgan fingerprint density at radius 1 is 0.927 bits per heavy atom. The van der Waals surface area contributed by atoms with Crippen molar-refractivity contribution < 1.29 is 48.6 Å². The van der Waals surface area contributed by atoms with E-state index in [2.05, 4.69) is 33.9 Å². The first-order valence-electron chi connectivity index (χ1n) is 12.5. The van der Waals surface area contributed by atoms with E-state index in [1.165, 1.54) is 18.7 Å². The van der Waals surface area contributed by atoms with Gasteiger partial charge in [-0.05, 0) is 31.3 Å². The summed E-state index contributed by atoms with van der Waals surface area (Å²) < 4.78 is 0. The maximum atomic E-state index is 13.4. The normalized spacial score (nSPS) is 17.3. The topological polar surface area (TPSA) is 254 Å². The number of amides is 6. The number of nitrogens with one attached hydrogen (secondary N) is 4. The van der Waals surface area contributed by atoms with Gasteiger partial charge in [0.15, 0.2) is 0 Å². The molecule has 0 saturated carbocycles. The minimum Gasteiger partial charge on any atom is -0.481 e. The lowest BCUT2D eigenvalue weighted by Gasteiger charge is -2.30. The fourth-order valence-electron chi connectivity index (χ4n) is 4.04. The van der Waals surface area contributed by atoms with Gasteiger partial charge in [-0.3, -0.25) is 33.6 Å². The van der Waals surface area contributed by atoms with Gasteiger partial charge in [0, 0.05) is 19.2 Å². The van der Waals surface area contributed by atoms with Gasteiger partial charge in [0.2, 0.25) is 35.4 Å². The number of primary amides is 1. The van der Waals surface area contributed by atoms with Crippen LogP contribution < -0.4 is 27.0 Å². The number of hydrogen-bond acceptors (Lipinski definition) is 10. The average molecular weight is 621 g/mol. The van der Waals surface area contributed by atoms with Crippen molar-refractivity contribution in [3.63, 3.8) is 0 Å². The fourth-order valence-corrected chi connectivity index (χ4v) is 4.76. The van der Waals surface area contributed by atoms with Gasteiger partial charge in [-0.25, -0.2) is 4.79 Å². The summed E-state index contributed by atoms with van der Waals surface area (Å²) in [6.07, 6.45) is 0.975. The Balaban J connectivity index is 3.12. The molecule has 1 saturated heterocycles. The summed E-state index contributed by atoms with van der Waals surface area (Å²) >= 11 is 5.26. The zero-order valence-corrected chi connectivity index (χ0v) is 24.3. The van der Waals surface area contributed by atoms with Crippen molar-refractivity contribution in [2.75, 3.05) is 24.3 Å². The molecule has 1 rings (SSSR count). The molecule has 6 amide bonds. The predicted octanol–water partition coefficient (Wildman–Crippen LogP) is -2.95. The minimum atomic E-state index is -1.57. The average Bonchev–Trinajstić information content (AvgIpc) is 3.37. The smallest absolute Gasteiger partial charge is 0.327 e. The van der Waals surface area contributed by atoms with Crippen molar-refractivity contribution in [1.82, 2.24) is 26.2 Å². The van der Waals surface area contributed by atoms with Crippen LogP contribution in [0.2, 0.25) is 0 Å². The largest absolute Gasteiger partial charge is 0.481 e. The molecule has 0 aromatic heterocycles. The highest BCUT2D eigenvalue weighted by molar-refractivity contribution is 7.98. The van der Waals surface area contributed by atoms with Crippen LogP contribution in [-0.4, -0.2) is 117 Å². The molecule has 16 nitrogen and oxygen atoms in total. The maximum Gasteiger partial charge on any atom is 0.327 e. The lowest BCUT2D eigenvalue weighted by Crippen LogP contribution is -2.59. The maximum absolute atomic E-state index is 13.4. The number of carbonyl (C=O) groups excluding carboxylic acids is 6. The van der Waals surface area contributed by atoms with Gasteiger partial charge in [0.25, 0.3) is 0 Å². The first kappa shape index (κ1) is 35.5. The van der Waals surface area contributed by atoms with Gasteiger partial charge in [-0.15, -0.1) is 0 Å². The summed E-state index contributed by atoms with van der Waals surface area (Å²) in [6.45, 7) is 1.23. The molecule has 1 aliphatic heterocycles. The number of rotatable bonds is 17. The third-order valence-electron chi connectivity index (χ3n) is 5.97. The van der Waals surface area contributed by atoms with Gasteiger partial charge in [0.05, 0.1) is 12.8 Å². The van der Waals surface area contributed by atoms with E-state index in [9.17, 15) is 43.5 Å². The zero-order chi connectivity index (χ0) is 31.3. The number of thiol groups is 1. The number of hydrogen-bond donors (Lipinski definition) is 8. The van der Waals surface area contributed by atoms with Gasteiger partial charge >= 0.3 is 11.9 Å². The molecule has 41 heavy (non-hydrogen) atoms. The van der Waals surface area contributed by atoms with Crippen LogP contribution in [0.4, 0.5) is 0 Å². The molecule has 8 N–H and O–H groups in total. The molecule has 18 heteroatoms. The number of likely N-dealkylation sites (tertiary alicyclic amines) is 1. The van der Waals surface area contributed by atoms with E-state index in [1.54, 1.807) is 6.26 Å². The van der Waals surface area contributed by atoms with Crippen molar-refractivity contribution in [2.24, 2.45) is 5.73 Å². The SMILES string of the molecule is CSCC[C@H](NC(C)=O)C(=O)N[C@@H](CC(=O)O)C(=O)N1CCC[C@H]1C(=O)N[C@@H](CC(N)=O)C(=O)N[C@@H](CS)C(=O)O. The third kappa shape index (κ3) is 11.8. The van der Waals surface area contributed by atoms with Crippen LogP contribution in [0.15, 0.2) is 0 Å². The number of carbonyl (C=O) groups is 8. The first-order valence-corrected chi connectivity index (χ1v) is 14.6. The molecule has 230 valence electrons. The number of nitrogens with zero attached hydrogens (tertiary/aromatic N) is 1. The Morgan fingerprint density at radius 2 is 1.54 bits per heavy atom. The summed E-state index contributed by atoms with van der Waals surface area (Å²) in [5.41, 5.74) is 5.19. The van der Waals surface area contributed by atoms with Crippen LogP contribution >= 0.6 is 24.4 Å². The fraction of sp³-hybridized carbons (Fsp3) is 0.652. The standard InChI is InChI=1S/C23H36N6O10S2/c1-11(30)25-12(5-7-41-2)19(34)27-14(9-18(32)33)22(37)29-6-3-4-16(29)21(36)26-13(8-17(24)31)20(35)28-15(10-40)23(38)39/h12-16,40H,3-10H2,1-2H3,(H2,24,31)(H,25,30)(H,26,36)(H,27,34)(H,28,35)(H,32,33)(H,38,39)/t12-,13-,14-,15-,16-/m0/s1. The Labute approximate surface area is 245 Å². The Morgan fingerprint density at radius 3 is 2.05 bits per heavy atom. The summed E-state index contributed by atoms with van der Waals surface area (Å²) in [5.74, 6) is -7.59. The summed E-state index contributed by atoms with van der Waals surface area (Å²) in [7, 11) is 0. The minimum absolute atomic E-state index is 0.0257. The first-order chi connectivity index (χ1) is 19.2. The lowest BCUT2D eigenvalue weighted by molar-refractivity contribution is -0.146. The molecule has 1 fully saturated rings. The molecule has 1 heterocycles. The highest BCUT2D eigenvalue weighted by atomic mass is 32.2. The quantitative estimate of drug-likeness (QED) is 0.0763. The highest BCUT2D eigenvalue weighted by Gasteiger charge is 2.40. The van der Waals surface area contributed by atoms with Gasteiger partial charge < -0.3 is 42.1 Å². The molecule has 0 spiro atoms. The zero-order valence-electron chi connectivity index (χ0n) is 22.6. The van der Waals surface area contributed by atoms with Crippen molar-refractivity contribution in [3.05, 3.63) is 0 Å². The molecule has 0 bridgehead atoms. The third-order valence-corrected chi connectivity index (χ3v) is 6.98. The number of nitrogens with two attached hydrogens (primary N) is 1. The highest BCUT2D eigenvalue weighted by Crippen LogP contribution is 2.20. The molecular weight excluding hydrogens is 584 g/mol. The van der Waals surface area contributed by atoms with E-state index in [-0.39, 0.29) is 25.1 Å². The molecule has 5 atom stereocenters. The van der Waals surface area contributed by atoms with Crippen LogP contribution in [0.25, 0.3) is 0 Å². The van der Waals surface area contributed by atoms with Crippen molar-refractivity contribution in [2.45, 2.75) is 69.2 Å². The molecule has 0 unspecified atom stereocenters. The lowest BCUT2D eigenvalue weighted by atomic mass is 10.1. The van der Waals surface area contributed by atoms with Gasteiger partial charge in [-0.1, -0.05) is 0 Å². The number of thioether (sulfide) groups is 1. The van der Waals surface area contributed by atoms with Crippen LogP contribution in [-0.2, 0) is 38.4 Å². The molecule has 1 aliphatic rings. The molecular formula is C23H36N6O10S2. The van der Waals surface area contributed by atoms with Crippen LogP contribution in [0, 0.1) is 0 Å². The molecule has 0 radical (unpaired) electrons. The number of aliphatic carboxylic acids is 2. The molecule has 0 aliphatic carbocycles. The van der Waals surface area contributed by atoms with Crippen LogP contribution in [0.5, 0.6) is 0 Å². The summed E-state index contributed by atoms with van der Waals surface area (Å²) in [6, 6.07) is -6.78. The Kier molecular flexibility index (Phi) is 15.0. The van der Waals surface area contributed by atoms with Gasteiger partial charge in [-0.2, -0.15) is 24.4 Å². The monoisotopic (exact) mass is 620 g/mol. The number of carboxylic acids is 2. The predicted molar refractivity (Wildman–Crippen MR) is 149 cm³/mol. The van der Waals surface area contributed by atoms with E-state index in [0.717, 1.165) is 4.90 Å². The summed E-state index contributed by atoms with van der Waals surface area (Å²) in [4.78, 5) is 99.0. The van der Waals surface area contributed by atoms with Crippen molar-refractivity contribution in [1.29, 1.82) is 0 Å². The Hall–Kier alpha value is -3.54. The Bertz CT molecular complexity index is 1030. The summed E-state index contributed by atoms with van der Waals surface area (Å²) in [5, 5.41) is 27.8. The van der Waals surface area contributed by atoms with Gasteiger partial charge in [0.1, 0.15) is 30.2 Å². The second kappa shape index (κ2) is 17.3. The second-order valence-electron chi connectivity index (χ2n) is 9.20. The number of carboxylic acid groups (broad SMARTS) is 2. The van der Waals surface area contributed by atoms with E-state index >= 15 is 0 Å². The van der Waals surface area contributed by atoms with Crippen LogP contribution in [0.3, 0.4) is 0 Å². The molecule has 0 aromatic rings. The van der Waals surface area contributed by atoms with E-state index < -0.39 is 90.4 Å². The van der Waals surface area contributed by atoms with Crippen molar-refractivity contribution in [3.8, 4) is 0 Å². The van der Waals surface area contributed by atoms with E-state index in [4.69, 9.17) is 10.8 Å². The van der Waals surface area contributed by atoms with E-state index in [0.29, 0.717) is 12.2 Å². The van der Waals surface area contributed by atoms with Crippen LogP contribution in [0.1, 0.15) is 39.0 Å². The molecule has 0 aromatic carbocycles.